The summed E-state index contributed by atoms with van der Waals surface area (Å²) in [5, 5.41) is 11.5. The van der Waals surface area contributed by atoms with Crippen molar-refractivity contribution < 1.29 is 18.1 Å². The average Bonchev–Trinajstić information content (AvgIpc) is 2.44. The molecule has 0 bridgehead atoms. The van der Waals surface area contributed by atoms with Gasteiger partial charge in [-0.15, -0.1) is 0 Å². The zero-order valence-corrected chi connectivity index (χ0v) is 12.7. The maximum Gasteiger partial charge on any atom is 0.269 e. The van der Waals surface area contributed by atoms with Crippen LogP contribution in [0.25, 0.3) is 0 Å². The van der Waals surface area contributed by atoms with Crippen molar-refractivity contribution in [3.8, 4) is 11.8 Å². The number of non-ortho nitro benzene ring substituents is 1. The number of nitro groups is 1. The minimum Gasteiger partial charge on any atom is -0.366 e. The number of ether oxygens (including phenoxy) is 1. The first kappa shape index (κ1) is 16.9. The zero-order chi connectivity index (χ0) is 16.1. The first-order chi connectivity index (χ1) is 9.68. The smallest absolute Gasteiger partial charge is 0.269 e. The van der Waals surface area contributed by atoms with Crippen molar-refractivity contribution in [2.45, 2.75) is 24.3 Å². The zero-order valence-electron chi connectivity index (χ0n) is 11.9. The molecule has 0 N–H and O–H groups in total. The van der Waals surface area contributed by atoms with Crippen molar-refractivity contribution in [2.24, 2.45) is 0 Å². The van der Waals surface area contributed by atoms with Gasteiger partial charge in [-0.1, -0.05) is 11.8 Å². The second kappa shape index (κ2) is 6.52. The van der Waals surface area contributed by atoms with Crippen LogP contribution in [0.5, 0.6) is 0 Å². The lowest BCUT2D eigenvalue weighted by Crippen LogP contribution is -2.18. The van der Waals surface area contributed by atoms with Gasteiger partial charge in [0.25, 0.3) is 5.69 Å². The van der Waals surface area contributed by atoms with Crippen LogP contribution < -0.4 is 0 Å². The molecule has 112 valence electrons. The Balaban J connectivity index is 2.94. The standard InChI is InChI=1S/C14H15NO5S/c1-14(2,20-3)10-4-5-11-21(18,19)13-8-6-12(7-9-13)15(16)17/h5-9,11H,1-3H3. The minimum absolute atomic E-state index is 0.0304. The second-order valence-corrected chi connectivity index (χ2v) is 6.42. The summed E-state index contributed by atoms with van der Waals surface area (Å²) in [6, 6.07) is 4.65. The lowest BCUT2D eigenvalue weighted by Gasteiger charge is -2.13. The Labute approximate surface area is 123 Å². The highest BCUT2D eigenvalue weighted by molar-refractivity contribution is 7.94. The Morgan fingerprint density at radius 3 is 2.33 bits per heavy atom. The maximum atomic E-state index is 12.0. The third-order valence-corrected chi connectivity index (χ3v) is 4.01. The van der Waals surface area contributed by atoms with E-state index in [0.29, 0.717) is 0 Å². The predicted octanol–water partition coefficient (Wildman–Crippen LogP) is 2.31. The van der Waals surface area contributed by atoms with E-state index in [2.05, 4.69) is 11.8 Å². The molecule has 6 nitrogen and oxygen atoms in total. The fourth-order valence-corrected chi connectivity index (χ4v) is 2.15. The number of hydrogen-bond donors (Lipinski definition) is 0. The van der Waals surface area contributed by atoms with E-state index in [4.69, 9.17) is 4.74 Å². The van der Waals surface area contributed by atoms with Gasteiger partial charge < -0.3 is 4.74 Å². The number of hydrogen-bond acceptors (Lipinski definition) is 5. The number of allylic oxidation sites excluding steroid dienone is 1. The Morgan fingerprint density at radius 1 is 1.29 bits per heavy atom. The Bertz CT molecular complexity index is 706. The predicted molar refractivity (Wildman–Crippen MR) is 78.3 cm³/mol. The van der Waals surface area contributed by atoms with Crippen molar-refractivity contribution in [3.05, 3.63) is 45.9 Å². The maximum absolute atomic E-state index is 12.0. The normalized spacial score (nSPS) is 12.0. The van der Waals surface area contributed by atoms with E-state index in [1.54, 1.807) is 13.8 Å². The molecule has 0 radical (unpaired) electrons. The second-order valence-electron chi connectivity index (χ2n) is 4.58. The summed E-state index contributed by atoms with van der Waals surface area (Å²) in [4.78, 5) is 9.88. The largest absolute Gasteiger partial charge is 0.366 e. The molecule has 7 heteroatoms. The summed E-state index contributed by atoms with van der Waals surface area (Å²) in [6.45, 7) is 3.50. The molecule has 0 aliphatic heterocycles. The van der Waals surface area contributed by atoms with E-state index >= 15 is 0 Å². The fourth-order valence-electron chi connectivity index (χ4n) is 1.23. The van der Waals surface area contributed by atoms with Gasteiger partial charge in [0.2, 0.25) is 0 Å². The Kier molecular flexibility index (Phi) is 5.24. The topological polar surface area (TPSA) is 86.5 Å². The van der Waals surface area contributed by atoms with Crippen molar-refractivity contribution in [1.29, 1.82) is 0 Å². The first-order valence-electron chi connectivity index (χ1n) is 5.92. The van der Waals surface area contributed by atoms with Crippen LogP contribution in [-0.2, 0) is 14.6 Å². The summed E-state index contributed by atoms with van der Waals surface area (Å²) in [5.74, 6) is 5.33. The van der Waals surface area contributed by atoms with Crippen LogP contribution in [-0.4, -0.2) is 26.1 Å². The van der Waals surface area contributed by atoms with E-state index in [0.717, 1.165) is 17.5 Å². The third kappa shape index (κ3) is 5.02. The highest BCUT2D eigenvalue weighted by atomic mass is 32.2. The third-order valence-electron chi connectivity index (χ3n) is 2.59. The van der Waals surface area contributed by atoms with Crippen molar-refractivity contribution >= 4 is 15.5 Å². The van der Waals surface area contributed by atoms with Gasteiger partial charge in [0.15, 0.2) is 9.84 Å². The van der Waals surface area contributed by atoms with Gasteiger partial charge in [-0.3, -0.25) is 10.1 Å². The molecule has 0 atom stereocenters. The van der Waals surface area contributed by atoms with Gasteiger partial charge in [-0.25, -0.2) is 8.42 Å². The molecular formula is C14H15NO5S. The molecule has 0 aromatic heterocycles. The molecule has 0 aliphatic rings. The van der Waals surface area contributed by atoms with E-state index in [-0.39, 0.29) is 10.6 Å². The van der Waals surface area contributed by atoms with Gasteiger partial charge in [-0.05, 0) is 32.1 Å². The van der Waals surface area contributed by atoms with Crippen LogP contribution >= 0.6 is 0 Å². The van der Waals surface area contributed by atoms with Crippen molar-refractivity contribution in [2.75, 3.05) is 7.11 Å². The monoisotopic (exact) mass is 309 g/mol. The quantitative estimate of drug-likeness (QED) is 0.484. The van der Waals surface area contributed by atoms with Crippen molar-refractivity contribution in [3.63, 3.8) is 0 Å². The SMILES string of the molecule is COC(C)(C)C#CC=CS(=O)(=O)c1ccc([N+](=O)[O-])cc1. The van der Waals surface area contributed by atoms with Crippen molar-refractivity contribution in [1.82, 2.24) is 0 Å². The van der Waals surface area contributed by atoms with Crippen LogP contribution in [0.2, 0.25) is 0 Å². The lowest BCUT2D eigenvalue weighted by atomic mass is 10.1. The number of sulfone groups is 1. The highest BCUT2D eigenvalue weighted by Gasteiger charge is 2.13. The fraction of sp³-hybridized carbons (Fsp3) is 0.286. The van der Waals surface area contributed by atoms with Gasteiger partial charge in [0.1, 0.15) is 5.60 Å². The molecule has 1 aromatic carbocycles. The average molecular weight is 309 g/mol. The van der Waals surface area contributed by atoms with Gasteiger partial charge in [0, 0.05) is 24.7 Å². The number of methoxy groups -OCH3 is 1. The van der Waals surface area contributed by atoms with E-state index in [1.807, 2.05) is 0 Å². The van der Waals surface area contributed by atoms with Crippen LogP contribution in [0.1, 0.15) is 13.8 Å². The van der Waals surface area contributed by atoms with Gasteiger partial charge in [0.05, 0.1) is 9.82 Å². The molecule has 1 rings (SSSR count). The summed E-state index contributed by atoms with van der Waals surface area (Å²) >= 11 is 0. The van der Waals surface area contributed by atoms with Gasteiger partial charge in [-0.2, -0.15) is 0 Å². The van der Waals surface area contributed by atoms with E-state index < -0.39 is 20.4 Å². The lowest BCUT2D eigenvalue weighted by molar-refractivity contribution is -0.384. The molecule has 0 amide bonds. The molecule has 0 heterocycles. The number of nitro benzene ring substituents is 1. The highest BCUT2D eigenvalue weighted by Crippen LogP contribution is 2.17. The molecule has 0 saturated carbocycles. The number of benzene rings is 1. The first-order valence-corrected chi connectivity index (χ1v) is 7.46. The molecule has 0 aliphatic carbocycles. The molecule has 0 fully saturated rings. The number of rotatable bonds is 4. The van der Waals surface area contributed by atoms with Crippen LogP contribution in [0, 0.1) is 22.0 Å². The Morgan fingerprint density at radius 2 is 1.86 bits per heavy atom. The van der Waals surface area contributed by atoms with E-state index in [1.165, 1.54) is 25.3 Å². The minimum atomic E-state index is -3.67. The summed E-state index contributed by atoms with van der Waals surface area (Å²) in [6.07, 6.45) is 1.21. The molecule has 0 unspecified atom stereocenters. The van der Waals surface area contributed by atoms with Crippen LogP contribution in [0.4, 0.5) is 5.69 Å². The summed E-state index contributed by atoms with van der Waals surface area (Å²) < 4.78 is 29.0. The number of nitrogens with zero attached hydrogens (tertiary/aromatic N) is 1. The van der Waals surface area contributed by atoms with Gasteiger partial charge >= 0.3 is 0 Å². The van der Waals surface area contributed by atoms with Crippen LogP contribution in [0.15, 0.2) is 40.6 Å². The molecule has 1 aromatic rings. The van der Waals surface area contributed by atoms with Crippen LogP contribution in [0.3, 0.4) is 0 Å². The molecule has 0 spiro atoms. The Hall–Kier alpha value is -2.17. The molecular weight excluding hydrogens is 294 g/mol. The van der Waals surface area contributed by atoms with E-state index in [9.17, 15) is 18.5 Å². The summed E-state index contributed by atoms with van der Waals surface area (Å²) in [7, 11) is -2.17. The summed E-state index contributed by atoms with van der Waals surface area (Å²) in [5.41, 5.74) is -0.832. The molecule has 21 heavy (non-hydrogen) atoms. The molecule has 0 saturated heterocycles.